The molecule has 0 saturated heterocycles. The lowest BCUT2D eigenvalue weighted by molar-refractivity contribution is -0.137. The van der Waals surface area contributed by atoms with Crippen LogP contribution in [0.15, 0.2) is 59.2 Å². The number of carbonyl (C=O) groups excluding carboxylic acids is 2. The van der Waals surface area contributed by atoms with E-state index in [-0.39, 0.29) is 40.3 Å². The Morgan fingerprint density at radius 2 is 1.64 bits per heavy atom. The zero-order chi connectivity index (χ0) is 28.2. The van der Waals surface area contributed by atoms with E-state index in [1.807, 2.05) is 0 Å². The molecule has 1 aliphatic carbocycles. The van der Waals surface area contributed by atoms with Crippen molar-refractivity contribution < 1.29 is 41.4 Å². The van der Waals surface area contributed by atoms with E-state index in [9.17, 15) is 22.8 Å². The number of rotatable bonds is 9. The molecule has 0 spiro atoms. The van der Waals surface area contributed by atoms with Crippen LogP contribution in [0.1, 0.15) is 53.4 Å². The van der Waals surface area contributed by atoms with E-state index in [0.29, 0.717) is 0 Å². The summed E-state index contributed by atoms with van der Waals surface area (Å²) in [6, 6.07) is 8.54. The van der Waals surface area contributed by atoms with Crippen molar-refractivity contribution in [2.75, 3.05) is 26.2 Å². The predicted molar refractivity (Wildman–Crippen MR) is 136 cm³/mol. The number of amides is 2. The fraction of sp³-hybridized carbons (Fsp3) is 0.357. The zero-order valence-electron chi connectivity index (χ0n) is 21.7. The molecule has 1 atom stereocenters. The molecule has 8 nitrogen and oxygen atoms in total. The molecule has 11 heteroatoms. The summed E-state index contributed by atoms with van der Waals surface area (Å²) in [7, 11) is 4.21. The Morgan fingerprint density at radius 1 is 0.974 bits per heavy atom. The van der Waals surface area contributed by atoms with E-state index in [0.717, 1.165) is 42.7 Å². The molecule has 0 bridgehead atoms. The Morgan fingerprint density at radius 3 is 2.18 bits per heavy atom. The molecular weight excluding hydrogens is 517 g/mol. The summed E-state index contributed by atoms with van der Waals surface area (Å²) >= 11 is 0. The number of anilines is 1. The van der Waals surface area contributed by atoms with Crippen molar-refractivity contribution >= 4 is 17.5 Å². The first-order valence-electron chi connectivity index (χ1n) is 12.3. The van der Waals surface area contributed by atoms with Gasteiger partial charge in [0.2, 0.25) is 11.7 Å². The van der Waals surface area contributed by atoms with Crippen LogP contribution in [0.3, 0.4) is 0 Å². The fourth-order valence-corrected chi connectivity index (χ4v) is 4.76. The molecule has 1 aromatic heterocycles. The molecule has 0 aliphatic heterocycles. The third-order valence-electron chi connectivity index (χ3n) is 6.61. The number of benzene rings is 2. The molecule has 1 N–H and O–H groups in total. The molecule has 1 fully saturated rings. The van der Waals surface area contributed by atoms with Crippen LogP contribution in [0, 0.1) is 0 Å². The van der Waals surface area contributed by atoms with Crippen LogP contribution < -0.4 is 24.4 Å². The van der Waals surface area contributed by atoms with Gasteiger partial charge in [-0.1, -0.05) is 18.9 Å². The molecule has 0 radical (unpaired) electrons. The van der Waals surface area contributed by atoms with Gasteiger partial charge in [-0.2, -0.15) is 13.2 Å². The molecule has 1 heterocycles. The van der Waals surface area contributed by atoms with Crippen molar-refractivity contribution in [2.45, 2.75) is 43.9 Å². The van der Waals surface area contributed by atoms with Crippen LogP contribution in [-0.2, 0) is 11.0 Å². The maximum atomic E-state index is 14.0. The van der Waals surface area contributed by atoms with Gasteiger partial charge in [0.15, 0.2) is 17.3 Å². The normalized spacial score (nSPS) is 14.5. The number of methoxy groups -OCH3 is 3. The monoisotopic (exact) mass is 546 g/mol. The summed E-state index contributed by atoms with van der Waals surface area (Å²) in [4.78, 5) is 28.8. The number of halogens is 3. The topological polar surface area (TPSA) is 90.2 Å². The van der Waals surface area contributed by atoms with Gasteiger partial charge in [-0.15, -0.1) is 0 Å². The minimum atomic E-state index is -4.68. The van der Waals surface area contributed by atoms with Crippen molar-refractivity contribution in [3.05, 3.63) is 71.7 Å². The Bertz CT molecular complexity index is 1280. The smallest absolute Gasteiger partial charge is 0.416 e. The summed E-state index contributed by atoms with van der Waals surface area (Å²) in [5, 5.41) is 2.98. The number of nitrogens with zero attached hydrogens (tertiary/aromatic N) is 1. The number of nitrogens with one attached hydrogen (secondary N) is 1. The van der Waals surface area contributed by atoms with Gasteiger partial charge in [-0.05, 0) is 60.9 Å². The summed E-state index contributed by atoms with van der Waals surface area (Å²) in [5.74, 6) is -0.867. The average molecular weight is 547 g/mol. The van der Waals surface area contributed by atoms with Gasteiger partial charge >= 0.3 is 6.18 Å². The highest BCUT2D eigenvalue weighted by molar-refractivity contribution is 6.08. The first kappa shape index (κ1) is 27.9. The van der Waals surface area contributed by atoms with Crippen LogP contribution in [-0.4, -0.2) is 39.2 Å². The van der Waals surface area contributed by atoms with Gasteiger partial charge < -0.3 is 23.9 Å². The quantitative estimate of drug-likeness (QED) is 0.367. The lowest BCUT2D eigenvalue weighted by Crippen LogP contribution is -2.46. The van der Waals surface area contributed by atoms with Crippen molar-refractivity contribution in [1.29, 1.82) is 0 Å². The van der Waals surface area contributed by atoms with E-state index in [1.54, 1.807) is 0 Å². The van der Waals surface area contributed by atoms with Gasteiger partial charge in [-0.3, -0.25) is 14.5 Å². The van der Waals surface area contributed by atoms with Crippen LogP contribution in [0.25, 0.3) is 0 Å². The predicted octanol–water partition coefficient (Wildman–Crippen LogP) is 5.77. The fourth-order valence-electron chi connectivity index (χ4n) is 4.76. The summed E-state index contributed by atoms with van der Waals surface area (Å²) in [6.45, 7) is 0. The highest BCUT2D eigenvalue weighted by atomic mass is 19.4. The number of hydrogen-bond acceptors (Lipinski definition) is 6. The third kappa shape index (κ3) is 5.97. The van der Waals surface area contributed by atoms with Gasteiger partial charge in [0, 0.05) is 11.7 Å². The van der Waals surface area contributed by atoms with Crippen molar-refractivity contribution in [1.82, 2.24) is 5.32 Å². The van der Waals surface area contributed by atoms with Crippen molar-refractivity contribution in [2.24, 2.45) is 0 Å². The summed E-state index contributed by atoms with van der Waals surface area (Å²) in [5.41, 5.74) is -0.888. The Labute approximate surface area is 223 Å². The minimum Gasteiger partial charge on any atom is -0.493 e. The minimum absolute atomic E-state index is 0.135. The molecule has 39 heavy (non-hydrogen) atoms. The van der Waals surface area contributed by atoms with E-state index in [2.05, 4.69) is 5.32 Å². The highest BCUT2D eigenvalue weighted by Gasteiger charge is 2.38. The lowest BCUT2D eigenvalue weighted by Gasteiger charge is -2.32. The molecule has 2 aromatic carbocycles. The molecule has 1 aliphatic rings. The van der Waals surface area contributed by atoms with Crippen LogP contribution >= 0.6 is 0 Å². The number of furan rings is 1. The zero-order valence-corrected chi connectivity index (χ0v) is 21.7. The van der Waals surface area contributed by atoms with Crippen molar-refractivity contribution in [3.63, 3.8) is 0 Å². The standard InChI is InChI=1S/C28H29F3N2O6/c1-36-22-14-17(15-23(37-2)25(22)38-3)24(26(34)32-19-9-4-5-10-19)33(27(35)21-12-7-13-39-21)20-11-6-8-18(16-20)28(29,30)31/h6-8,11-16,19,24H,4-5,9-10H2,1-3H3,(H,32,34). The number of carbonyl (C=O) groups is 2. The molecule has 4 rings (SSSR count). The Balaban J connectivity index is 1.94. The van der Waals surface area contributed by atoms with Crippen molar-refractivity contribution in [3.8, 4) is 17.2 Å². The molecular formula is C28H29F3N2O6. The summed E-state index contributed by atoms with van der Waals surface area (Å²) in [6.07, 6.45) is -0.0358. The van der Waals surface area contributed by atoms with E-state index < -0.39 is 29.6 Å². The van der Waals surface area contributed by atoms with Crippen LogP contribution in [0.5, 0.6) is 17.2 Å². The highest BCUT2D eigenvalue weighted by Crippen LogP contribution is 2.42. The maximum absolute atomic E-state index is 14.0. The van der Waals surface area contributed by atoms with E-state index in [1.165, 1.54) is 64.0 Å². The number of hydrogen-bond donors (Lipinski definition) is 1. The first-order chi connectivity index (χ1) is 18.7. The summed E-state index contributed by atoms with van der Waals surface area (Å²) < 4.78 is 62.7. The van der Waals surface area contributed by atoms with Gasteiger partial charge in [0.05, 0.1) is 33.2 Å². The molecule has 2 amide bonds. The SMILES string of the molecule is COc1cc(C(C(=O)NC2CCCC2)N(C(=O)c2ccco2)c2cccc(C(F)(F)F)c2)cc(OC)c1OC. The molecule has 208 valence electrons. The second kappa shape index (κ2) is 11.7. The lowest BCUT2D eigenvalue weighted by atomic mass is 10.00. The first-order valence-corrected chi connectivity index (χ1v) is 12.3. The Hall–Kier alpha value is -4.15. The second-order valence-corrected chi connectivity index (χ2v) is 9.05. The largest absolute Gasteiger partial charge is 0.493 e. The molecule has 1 unspecified atom stereocenters. The second-order valence-electron chi connectivity index (χ2n) is 9.05. The maximum Gasteiger partial charge on any atom is 0.416 e. The number of ether oxygens (including phenoxy) is 3. The molecule has 1 saturated carbocycles. The van der Waals surface area contributed by atoms with Gasteiger partial charge in [-0.25, -0.2) is 0 Å². The number of alkyl halides is 3. The van der Waals surface area contributed by atoms with Gasteiger partial charge in [0.25, 0.3) is 5.91 Å². The third-order valence-corrected chi connectivity index (χ3v) is 6.61. The van der Waals surface area contributed by atoms with Crippen LogP contribution in [0.2, 0.25) is 0 Å². The van der Waals surface area contributed by atoms with E-state index >= 15 is 0 Å². The van der Waals surface area contributed by atoms with E-state index in [4.69, 9.17) is 18.6 Å². The van der Waals surface area contributed by atoms with Crippen LogP contribution in [0.4, 0.5) is 18.9 Å². The average Bonchev–Trinajstić information content (AvgIpc) is 3.65. The Kier molecular flexibility index (Phi) is 8.37. The van der Waals surface area contributed by atoms with Gasteiger partial charge in [0.1, 0.15) is 6.04 Å². The molecule has 3 aromatic rings.